The second-order valence-corrected chi connectivity index (χ2v) is 3.62. The first-order chi connectivity index (χ1) is 5.33. The van der Waals surface area contributed by atoms with Gasteiger partial charge >= 0.3 is 0 Å². The maximum atomic E-state index is 5.96. The highest BCUT2D eigenvalue weighted by molar-refractivity contribution is 6.16. The van der Waals surface area contributed by atoms with Crippen molar-refractivity contribution in [3.05, 3.63) is 0 Å². The van der Waals surface area contributed by atoms with Crippen molar-refractivity contribution in [1.29, 1.82) is 0 Å². The summed E-state index contributed by atoms with van der Waals surface area (Å²) in [6, 6.07) is 0.787. The number of piperazine rings is 1. The van der Waals surface area contributed by atoms with Crippen LogP contribution in [0.1, 0.15) is 13.3 Å². The lowest BCUT2D eigenvalue weighted by Crippen LogP contribution is -2.58. The summed E-state index contributed by atoms with van der Waals surface area (Å²) in [5.41, 5.74) is 0. The summed E-state index contributed by atoms with van der Waals surface area (Å²) in [6.07, 6.45) is 1.24. The Labute approximate surface area is 74.1 Å². The van der Waals surface area contributed by atoms with E-state index in [1.807, 2.05) is 0 Å². The SMILES string of the molecule is CCC[N+]1(CCl)CCNCC1. The van der Waals surface area contributed by atoms with Gasteiger partial charge in [-0.25, -0.2) is 0 Å². The van der Waals surface area contributed by atoms with E-state index in [0.29, 0.717) is 0 Å². The van der Waals surface area contributed by atoms with Gasteiger partial charge in [-0.3, -0.25) is 0 Å². The van der Waals surface area contributed by atoms with Gasteiger partial charge in [0.1, 0.15) is 0 Å². The fraction of sp³-hybridized carbons (Fsp3) is 1.00. The lowest BCUT2D eigenvalue weighted by Gasteiger charge is -2.39. The molecule has 66 valence electrons. The molecule has 0 radical (unpaired) electrons. The number of halogens is 1. The Bertz CT molecular complexity index is 105. The number of nitrogens with one attached hydrogen (secondary N) is 1. The van der Waals surface area contributed by atoms with Gasteiger partial charge in [-0.15, -0.1) is 0 Å². The number of nitrogens with zero attached hydrogens (tertiary/aromatic N) is 1. The third-order valence-corrected chi connectivity index (χ3v) is 2.98. The Morgan fingerprint density at radius 1 is 1.36 bits per heavy atom. The summed E-state index contributed by atoms with van der Waals surface area (Å²) in [4.78, 5) is 0. The van der Waals surface area contributed by atoms with Crippen LogP contribution in [0.5, 0.6) is 0 Å². The molecule has 0 atom stereocenters. The number of hydrogen-bond donors (Lipinski definition) is 1. The molecule has 1 rings (SSSR count). The van der Waals surface area contributed by atoms with Gasteiger partial charge in [0.2, 0.25) is 0 Å². The van der Waals surface area contributed by atoms with Crippen molar-refractivity contribution in [3.63, 3.8) is 0 Å². The third kappa shape index (κ3) is 2.32. The van der Waals surface area contributed by atoms with E-state index in [1.165, 1.54) is 26.1 Å². The summed E-state index contributed by atoms with van der Waals surface area (Å²) in [6.45, 7) is 8.15. The Kier molecular flexibility index (Phi) is 3.63. The zero-order chi connectivity index (χ0) is 8.16. The lowest BCUT2D eigenvalue weighted by atomic mass is 10.2. The van der Waals surface area contributed by atoms with E-state index < -0.39 is 0 Å². The average Bonchev–Trinajstić information content (AvgIpc) is 2.07. The van der Waals surface area contributed by atoms with E-state index in [4.69, 9.17) is 11.6 Å². The van der Waals surface area contributed by atoms with Crippen LogP contribution in [0.3, 0.4) is 0 Å². The minimum Gasteiger partial charge on any atom is -0.309 e. The van der Waals surface area contributed by atoms with Gasteiger partial charge in [0.25, 0.3) is 0 Å². The molecule has 11 heavy (non-hydrogen) atoms. The fourth-order valence-electron chi connectivity index (χ4n) is 1.75. The maximum Gasteiger partial charge on any atom is 0.155 e. The molecule has 0 bridgehead atoms. The molecule has 0 aromatic heterocycles. The molecule has 0 saturated carbocycles. The molecule has 0 spiro atoms. The first-order valence-corrected chi connectivity index (χ1v) is 4.98. The summed E-state index contributed by atoms with van der Waals surface area (Å²) in [5, 5.41) is 3.36. The van der Waals surface area contributed by atoms with Crippen LogP contribution >= 0.6 is 11.6 Å². The minimum atomic E-state index is 0.787. The topological polar surface area (TPSA) is 12.0 Å². The molecule has 1 saturated heterocycles. The zero-order valence-electron chi connectivity index (χ0n) is 7.27. The highest BCUT2D eigenvalue weighted by atomic mass is 35.5. The van der Waals surface area contributed by atoms with Crippen LogP contribution in [0.2, 0.25) is 0 Å². The average molecular weight is 178 g/mol. The van der Waals surface area contributed by atoms with Gasteiger partial charge in [0, 0.05) is 13.1 Å². The molecule has 1 heterocycles. The molecule has 0 aromatic rings. The van der Waals surface area contributed by atoms with Crippen LogP contribution in [0.25, 0.3) is 0 Å². The molecule has 0 aromatic carbocycles. The van der Waals surface area contributed by atoms with Crippen LogP contribution in [-0.4, -0.2) is 43.2 Å². The molecule has 1 N–H and O–H groups in total. The van der Waals surface area contributed by atoms with Gasteiger partial charge in [0.15, 0.2) is 6.00 Å². The Morgan fingerprint density at radius 2 is 2.00 bits per heavy atom. The smallest absolute Gasteiger partial charge is 0.155 e. The second-order valence-electron chi connectivity index (χ2n) is 3.38. The van der Waals surface area contributed by atoms with Crippen LogP contribution < -0.4 is 5.32 Å². The Balaban J connectivity index is 2.42. The van der Waals surface area contributed by atoms with E-state index in [0.717, 1.165) is 23.6 Å². The molecular weight excluding hydrogens is 160 g/mol. The fourth-order valence-corrected chi connectivity index (χ4v) is 2.11. The summed E-state index contributed by atoms with van der Waals surface area (Å²) < 4.78 is 1.12. The van der Waals surface area contributed by atoms with Crippen LogP contribution in [0.15, 0.2) is 0 Å². The highest BCUT2D eigenvalue weighted by Crippen LogP contribution is 2.11. The third-order valence-electron chi connectivity index (χ3n) is 2.48. The van der Waals surface area contributed by atoms with E-state index in [2.05, 4.69) is 12.2 Å². The highest BCUT2D eigenvalue weighted by Gasteiger charge is 2.27. The molecular formula is C8H18ClN2+. The minimum absolute atomic E-state index is 0.787. The Hall–Kier alpha value is 0.210. The predicted molar refractivity (Wildman–Crippen MR) is 48.7 cm³/mol. The van der Waals surface area contributed by atoms with Crippen molar-refractivity contribution in [2.24, 2.45) is 0 Å². The summed E-state index contributed by atoms with van der Waals surface area (Å²) in [5.74, 6) is 0. The summed E-state index contributed by atoms with van der Waals surface area (Å²) >= 11 is 5.96. The lowest BCUT2D eigenvalue weighted by molar-refractivity contribution is -0.919. The van der Waals surface area contributed by atoms with Crippen molar-refractivity contribution in [3.8, 4) is 0 Å². The van der Waals surface area contributed by atoms with E-state index in [9.17, 15) is 0 Å². The number of alkyl halides is 1. The first kappa shape index (κ1) is 9.30. The number of rotatable bonds is 3. The van der Waals surface area contributed by atoms with Gasteiger partial charge in [-0.2, -0.15) is 0 Å². The quantitative estimate of drug-likeness (QED) is 0.386. The van der Waals surface area contributed by atoms with Crippen LogP contribution in [0.4, 0.5) is 0 Å². The maximum absolute atomic E-state index is 5.96. The van der Waals surface area contributed by atoms with Crippen molar-refractivity contribution < 1.29 is 4.48 Å². The monoisotopic (exact) mass is 177 g/mol. The van der Waals surface area contributed by atoms with Crippen molar-refractivity contribution in [2.75, 3.05) is 38.7 Å². The second kappa shape index (κ2) is 4.29. The molecule has 0 unspecified atom stereocenters. The van der Waals surface area contributed by atoms with Gasteiger partial charge in [-0.05, 0) is 6.42 Å². The molecule has 1 aliphatic heterocycles. The largest absolute Gasteiger partial charge is 0.309 e. The molecule has 1 fully saturated rings. The molecule has 0 amide bonds. The van der Waals surface area contributed by atoms with Gasteiger partial charge in [0.05, 0.1) is 19.6 Å². The number of quaternary nitrogens is 1. The zero-order valence-corrected chi connectivity index (χ0v) is 8.03. The summed E-state index contributed by atoms with van der Waals surface area (Å²) in [7, 11) is 0. The Morgan fingerprint density at radius 3 is 2.45 bits per heavy atom. The molecule has 2 nitrogen and oxygen atoms in total. The van der Waals surface area contributed by atoms with Gasteiger partial charge < -0.3 is 9.80 Å². The first-order valence-electron chi connectivity index (χ1n) is 4.45. The number of hydrogen-bond acceptors (Lipinski definition) is 1. The van der Waals surface area contributed by atoms with E-state index in [-0.39, 0.29) is 0 Å². The predicted octanol–water partition coefficient (Wildman–Crippen LogP) is 1.01. The van der Waals surface area contributed by atoms with Crippen molar-refractivity contribution in [1.82, 2.24) is 5.32 Å². The van der Waals surface area contributed by atoms with Crippen molar-refractivity contribution >= 4 is 11.6 Å². The molecule has 3 heteroatoms. The van der Waals surface area contributed by atoms with E-state index in [1.54, 1.807) is 0 Å². The molecule has 0 aliphatic carbocycles. The normalized spacial score (nSPS) is 23.5. The standard InChI is InChI=1S/C8H18ClN2/c1-2-5-11(8-9)6-3-10-4-7-11/h10H,2-8H2,1H3/q+1. The van der Waals surface area contributed by atoms with Gasteiger partial charge in [-0.1, -0.05) is 18.5 Å². The van der Waals surface area contributed by atoms with Crippen LogP contribution in [0, 0.1) is 0 Å². The molecule has 1 aliphatic rings. The van der Waals surface area contributed by atoms with E-state index >= 15 is 0 Å². The van der Waals surface area contributed by atoms with Crippen LogP contribution in [-0.2, 0) is 0 Å². The van der Waals surface area contributed by atoms with Crippen molar-refractivity contribution in [2.45, 2.75) is 13.3 Å².